The Labute approximate surface area is 132 Å². The van der Waals surface area contributed by atoms with Gasteiger partial charge in [-0.05, 0) is 31.0 Å². The fraction of sp³-hybridized carbons (Fsp3) is 0.462. The lowest BCUT2D eigenvalue weighted by Gasteiger charge is -2.21. The molecule has 0 saturated heterocycles. The molecule has 0 radical (unpaired) electrons. The van der Waals surface area contributed by atoms with E-state index in [1.165, 1.54) is 6.07 Å². The van der Waals surface area contributed by atoms with Crippen LogP contribution in [0.25, 0.3) is 0 Å². The minimum Gasteiger partial charge on any atom is -0.478 e. The van der Waals surface area contributed by atoms with Gasteiger partial charge in [0.1, 0.15) is 0 Å². The average Bonchev–Trinajstić information content (AvgIpc) is 2.40. The highest BCUT2D eigenvalue weighted by Crippen LogP contribution is 2.27. The number of carboxylic acid groups (broad SMARTS) is 1. The summed E-state index contributed by atoms with van der Waals surface area (Å²) in [5.74, 6) is -1.19. The van der Waals surface area contributed by atoms with Gasteiger partial charge in [0.15, 0.2) is 0 Å². The van der Waals surface area contributed by atoms with E-state index in [1.54, 1.807) is 6.92 Å². The summed E-state index contributed by atoms with van der Waals surface area (Å²) in [6, 6.07) is 2.54. The van der Waals surface area contributed by atoms with Crippen molar-refractivity contribution in [2.45, 2.75) is 25.2 Å². The number of sulfonamides is 1. The van der Waals surface area contributed by atoms with Crippen molar-refractivity contribution in [3.63, 3.8) is 0 Å². The normalized spacial score (nSPS) is 11.9. The van der Waals surface area contributed by atoms with Gasteiger partial charge in [0.2, 0.25) is 10.0 Å². The highest BCUT2D eigenvalue weighted by molar-refractivity contribution is 9.10. The zero-order chi connectivity index (χ0) is 16.2. The molecule has 0 atom stereocenters. The molecular weight excluding hydrogens is 362 g/mol. The third-order valence-corrected chi connectivity index (χ3v) is 5.71. The summed E-state index contributed by atoms with van der Waals surface area (Å²) in [6.45, 7) is 3.37. The predicted molar refractivity (Wildman–Crippen MR) is 82.0 cm³/mol. The van der Waals surface area contributed by atoms with Crippen LogP contribution in [0.3, 0.4) is 0 Å². The number of halogens is 1. The molecule has 2 N–H and O–H groups in total. The van der Waals surface area contributed by atoms with E-state index < -0.39 is 16.0 Å². The van der Waals surface area contributed by atoms with Gasteiger partial charge < -0.3 is 10.2 Å². The van der Waals surface area contributed by atoms with E-state index in [0.717, 1.165) is 10.4 Å². The Morgan fingerprint density at radius 3 is 2.43 bits per heavy atom. The topological polar surface area (TPSA) is 94.9 Å². The number of aromatic carboxylic acids is 1. The van der Waals surface area contributed by atoms with Gasteiger partial charge in [0, 0.05) is 17.6 Å². The molecule has 1 aromatic carbocycles. The number of hydrogen-bond acceptors (Lipinski definition) is 4. The van der Waals surface area contributed by atoms with Crippen molar-refractivity contribution in [2.24, 2.45) is 0 Å². The monoisotopic (exact) mass is 379 g/mol. The van der Waals surface area contributed by atoms with Gasteiger partial charge in [-0.3, -0.25) is 0 Å². The minimum absolute atomic E-state index is 0.0237. The van der Waals surface area contributed by atoms with Crippen molar-refractivity contribution in [3.8, 4) is 0 Å². The van der Waals surface area contributed by atoms with E-state index in [2.05, 4.69) is 15.9 Å². The summed E-state index contributed by atoms with van der Waals surface area (Å²) in [5, 5.41) is 18.2. The van der Waals surface area contributed by atoms with Crippen LogP contribution in [0.5, 0.6) is 0 Å². The molecule has 6 nitrogen and oxygen atoms in total. The fourth-order valence-corrected chi connectivity index (χ4v) is 4.08. The first-order valence-corrected chi connectivity index (χ1v) is 8.63. The molecule has 0 heterocycles. The van der Waals surface area contributed by atoms with Crippen molar-refractivity contribution < 1.29 is 23.4 Å². The molecule has 0 amide bonds. The summed E-state index contributed by atoms with van der Waals surface area (Å²) in [4.78, 5) is 11.1. The van der Waals surface area contributed by atoms with Crippen LogP contribution in [-0.2, 0) is 10.0 Å². The number of rotatable bonds is 7. The van der Waals surface area contributed by atoms with Crippen LogP contribution in [0.2, 0.25) is 0 Å². The summed E-state index contributed by atoms with van der Waals surface area (Å²) in [7, 11) is -3.84. The Hall–Kier alpha value is -0.960. The first-order chi connectivity index (χ1) is 9.75. The maximum absolute atomic E-state index is 12.6. The molecule has 0 aliphatic rings. The maximum Gasteiger partial charge on any atom is 0.336 e. The molecule has 0 spiro atoms. The number of hydrogen-bond donors (Lipinski definition) is 2. The number of carboxylic acids is 1. The molecular formula is C13H18BrNO5S. The van der Waals surface area contributed by atoms with E-state index >= 15 is 0 Å². The van der Waals surface area contributed by atoms with Crippen molar-refractivity contribution in [1.82, 2.24) is 4.31 Å². The van der Waals surface area contributed by atoms with Gasteiger partial charge in [0.05, 0.1) is 17.1 Å². The lowest BCUT2D eigenvalue weighted by atomic mass is 10.1. The zero-order valence-electron chi connectivity index (χ0n) is 11.8. The first kappa shape index (κ1) is 18.1. The van der Waals surface area contributed by atoms with Gasteiger partial charge in [-0.1, -0.05) is 22.9 Å². The zero-order valence-corrected chi connectivity index (χ0v) is 14.2. The lowest BCUT2D eigenvalue weighted by Crippen LogP contribution is -2.34. The number of nitrogens with zero attached hydrogens (tertiary/aromatic N) is 1. The Bertz CT molecular complexity index is 624. The number of aliphatic hydroxyl groups excluding tert-OH is 1. The summed E-state index contributed by atoms with van der Waals surface area (Å²) in [6.07, 6.45) is 0.595. The smallest absolute Gasteiger partial charge is 0.336 e. The van der Waals surface area contributed by atoms with Crippen LogP contribution in [0.4, 0.5) is 0 Å². The summed E-state index contributed by atoms with van der Waals surface area (Å²) >= 11 is 3.19. The quantitative estimate of drug-likeness (QED) is 0.753. The molecule has 1 rings (SSSR count). The Kier molecular flexibility index (Phi) is 6.33. The second-order valence-electron chi connectivity index (χ2n) is 4.51. The maximum atomic E-state index is 12.6. The van der Waals surface area contributed by atoms with Gasteiger partial charge in [-0.25, -0.2) is 13.2 Å². The molecule has 0 aliphatic heterocycles. The van der Waals surface area contributed by atoms with Crippen LogP contribution in [0.15, 0.2) is 21.5 Å². The Morgan fingerprint density at radius 2 is 1.95 bits per heavy atom. The van der Waals surface area contributed by atoms with E-state index in [1.807, 2.05) is 6.92 Å². The van der Waals surface area contributed by atoms with Crippen LogP contribution >= 0.6 is 15.9 Å². The molecule has 0 fully saturated rings. The second-order valence-corrected chi connectivity index (χ2v) is 7.30. The van der Waals surface area contributed by atoms with Gasteiger partial charge >= 0.3 is 5.97 Å². The highest BCUT2D eigenvalue weighted by Gasteiger charge is 2.26. The van der Waals surface area contributed by atoms with Crippen LogP contribution in [0.1, 0.15) is 29.3 Å². The third kappa shape index (κ3) is 4.03. The third-order valence-electron chi connectivity index (χ3n) is 3.01. The second kappa shape index (κ2) is 7.35. The van der Waals surface area contributed by atoms with Crippen molar-refractivity contribution in [2.75, 3.05) is 19.7 Å². The highest BCUT2D eigenvalue weighted by atomic mass is 79.9. The van der Waals surface area contributed by atoms with E-state index in [-0.39, 0.29) is 30.2 Å². The van der Waals surface area contributed by atoms with Gasteiger partial charge in [0.25, 0.3) is 0 Å². The molecule has 0 aliphatic carbocycles. The minimum atomic E-state index is -3.84. The predicted octanol–water partition coefficient (Wildman–Crippen LogP) is 1.85. The molecule has 8 heteroatoms. The SMILES string of the molecule is CCCN(CCO)S(=O)(=O)c1cc(Br)c(C)c(C(=O)O)c1. The van der Waals surface area contributed by atoms with Crippen molar-refractivity contribution in [1.29, 1.82) is 0 Å². The molecule has 21 heavy (non-hydrogen) atoms. The van der Waals surface area contributed by atoms with Crippen LogP contribution in [0, 0.1) is 6.92 Å². The largest absolute Gasteiger partial charge is 0.478 e. The van der Waals surface area contributed by atoms with E-state index in [4.69, 9.17) is 10.2 Å². The summed E-state index contributed by atoms with van der Waals surface area (Å²) in [5.41, 5.74) is 0.397. The number of aliphatic hydroxyl groups is 1. The van der Waals surface area contributed by atoms with Crippen molar-refractivity contribution in [3.05, 3.63) is 27.7 Å². The average molecular weight is 380 g/mol. The molecule has 0 saturated carbocycles. The van der Waals surface area contributed by atoms with E-state index in [0.29, 0.717) is 16.5 Å². The van der Waals surface area contributed by atoms with E-state index in [9.17, 15) is 13.2 Å². The number of carbonyl (C=O) groups is 1. The fourth-order valence-electron chi connectivity index (χ4n) is 1.89. The van der Waals surface area contributed by atoms with Crippen LogP contribution in [-0.4, -0.2) is 48.6 Å². The van der Waals surface area contributed by atoms with Gasteiger partial charge in [-0.2, -0.15) is 4.31 Å². The Morgan fingerprint density at radius 1 is 1.33 bits per heavy atom. The molecule has 0 bridgehead atoms. The molecule has 0 aromatic heterocycles. The Balaban J connectivity index is 3.40. The molecule has 0 unspecified atom stereocenters. The first-order valence-electron chi connectivity index (χ1n) is 6.40. The summed E-state index contributed by atoms with van der Waals surface area (Å²) < 4.78 is 26.7. The molecule has 118 valence electrons. The van der Waals surface area contributed by atoms with Gasteiger partial charge in [-0.15, -0.1) is 0 Å². The molecule has 1 aromatic rings. The lowest BCUT2D eigenvalue weighted by molar-refractivity contribution is 0.0695. The van der Waals surface area contributed by atoms with Crippen LogP contribution < -0.4 is 0 Å². The van der Waals surface area contributed by atoms with Crippen molar-refractivity contribution >= 4 is 31.9 Å². The number of benzene rings is 1. The standard InChI is InChI=1S/C13H18BrNO5S/c1-3-4-15(5-6-16)21(19,20)10-7-11(13(17)18)9(2)12(14)8-10/h7-8,16H,3-6H2,1-2H3,(H,17,18).